The third-order valence-corrected chi connectivity index (χ3v) is 1.98. The van der Waals surface area contributed by atoms with Gasteiger partial charge in [0.25, 0.3) is 0 Å². The molecule has 0 fully saturated rings. The Labute approximate surface area is 93.7 Å². The van der Waals surface area contributed by atoms with Crippen molar-refractivity contribution in [2.75, 3.05) is 7.11 Å². The van der Waals surface area contributed by atoms with Crippen molar-refractivity contribution >= 4 is 12.2 Å². The number of aromatic nitrogens is 3. The summed E-state index contributed by atoms with van der Waals surface area (Å²) in [7, 11) is 1.53. The first-order chi connectivity index (χ1) is 7.88. The Hall–Kier alpha value is -2.23. The van der Waals surface area contributed by atoms with Crippen LogP contribution in [0.3, 0.4) is 0 Å². The molecule has 0 aliphatic carbocycles. The van der Waals surface area contributed by atoms with E-state index in [1.165, 1.54) is 13.4 Å². The van der Waals surface area contributed by atoms with Crippen molar-refractivity contribution in [1.29, 1.82) is 0 Å². The van der Waals surface area contributed by atoms with Gasteiger partial charge >= 0.3 is 6.01 Å². The summed E-state index contributed by atoms with van der Waals surface area (Å²) in [5, 5.41) is 0. The summed E-state index contributed by atoms with van der Waals surface area (Å²) in [6, 6.07) is 10.3. The number of hydrogen-bond acceptors (Lipinski definition) is 4. The topological polar surface area (TPSA) is 47.9 Å². The summed E-state index contributed by atoms with van der Waals surface area (Å²) >= 11 is 0. The summed E-state index contributed by atoms with van der Waals surface area (Å²) in [5.74, 6) is 0.579. The van der Waals surface area contributed by atoms with Crippen LogP contribution in [0.15, 0.2) is 36.7 Å². The highest BCUT2D eigenvalue weighted by Crippen LogP contribution is 2.05. The molecule has 0 atom stereocenters. The number of ether oxygens (including phenoxy) is 1. The molecule has 16 heavy (non-hydrogen) atoms. The smallest absolute Gasteiger partial charge is 0.319 e. The number of rotatable bonds is 3. The Bertz CT molecular complexity index is 483. The molecule has 80 valence electrons. The molecule has 4 nitrogen and oxygen atoms in total. The lowest BCUT2D eigenvalue weighted by Gasteiger charge is -1.96. The standard InChI is InChI=1S/C12H11N3O/c1-16-12-14-9-13-11(15-12)8-7-10-5-3-2-4-6-10/h2-9H,1H3. The van der Waals surface area contributed by atoms with Crippen molar-refractivity contribution in [2.45, 2.75) is 0 Å². The molecule has 0 radical (unpaired) electrons. The molecule has 0 saturated heterocycles. The summed E-state index contributed by atoms with van der Waals surface area (Å²) in [6.07, 6.45) is 5.19. The van der Waals surface area contributed by atoms with Crippen LogP contribution in [-0.2, 0) is 0 Å². The van der Waals surface area contributed by atoms with Crippen molar-refractivity contribution in [1.82, 2.24) is 15.0 Å². The van der Waals surface area contributed by atoms with Crippen LogP contribution in [0.1, 0.15) is 11.4 Å². The molecule has 0 aliphatic rings. The predicted octanol–water partition coefficient (Wildman–Crippen LogP) is 2.05. The predicted molar refractivity (Wildman–Crippen MR) is 61.7 cm³/mol. The molecular formula is C12H11N3O. The molecule has 0 bridgehead atoms. The zero-order chi connectivity index (χ0) is 11.2. The SMILES string of the molecule is COc1ncnc(C=Cc2ccccc2)n1. The maximum absolute atomic E-state index is 4.91. The first-order valence-electron chi connectivity index (χ1n) is 4.84. The van der Waals surface area contributed by atoms with Crippen LogP contribution in [0.25, 0.3) is 12.2 Å². The summed E-state index contributed by atoms with van der Waals surface area (Å²) < 4.78 is 4.91. The fourth-order valence-electron chi connectivity index (χ4n) is 1.21. The number of hydrogen-bond donors (Lipinski definition) is 0. The molecule has 0 saturated carbocycles. The molecule has 0 spiro atoms. The van der Waals surface area contributed by atoms with E-state index >= 15 is 0 Å². The molecule has 0 N–H and O–H groups in total. The van der Waals surface area contributed by atoms with E-state index in [9.17, 15) is 0 Å². The number of nitrogens with zero attached hydrogens (tertiary/aromatic N) is 3. The van der Waals surface area contributed by atoms with Gasteiger partial charge in [0.1, 0.15) is 6.33 Å². The fourth-order valence-corrected chi connectivity index (χ4v) is 1.21. The van der Waals surface area contributed by atoms with Gasteiger partial charge in [-0.15, -0.1) is 0 Å². The Balaban J connectivity index is 2.17. The van der Waals surface area contributed by atoms with Gasteiger partial charge in [-0.25, -0.2) is 4.98 Å². The fraction of sp³-hybridized carbons (Fsp3) is 0.0833. The largest absolute Gasteiger partial charge is 0.467 e. The Kier molecular flexibility index (Phi) is 3.23. The Morgan fingerprint density at radius 1 is 1.06 bits per heavy atom. The molecule has 0 amide bonds. The van der Waals surface area contributed by atoms with Crippen molar-refractivity contribution < 1.29 is 4.74 Å². The number of methoxy groups -OCH3 is 1. The summed E-state index contributed by atoms with van der Waals surface area (Å²) in [6.45, 7) is 0. The monoisotopic (exact) mass is 213 g/mol. The van der Waals surface area contributed by atoms with E-state index in [4.69, 9.17) is 4.74 Å². The van der Waals surface area contributed by atoms with Gasteiger partial charge in [0, 0.05) is 0 Å². The van der Waals surface area contributed by atoms with Crippen molar-refractivity contribution in [3.8, 4) is 6.01 Å². The van der Waals surface area contributed by atoms with Gasteiger partial charge in [0.05, 0.1) is 7.11 Å². The average Bonchev–Trinajstić information content (AvgIpc) is 2.38. The molecule has 1 heterocycles. The van der Waals surface area contributed by atoms with Crippen LogP contribution in [0.4, 0.5) is 0 Å². The molecule has 0 unspecified atom stereocenters. The van der Waals surface area contributed by atoms with Crippen molar-refractivity contribution in [3.05, 3.63) is 48.0 Å². The molecule has 1 aromatic heterocycles. The third kappa shape index (κ3) is 2.63. The lowest BCUT2D eigenvalue weighted by molar-refractivity contribution is 0.377. The third-order valence-electron chi connectivity index (χ3n) is 1.98. The quantitative estimate of drug-likeness (QED) is 0.782. The second-order valence-electron chi connectivity index (χ2n) is 3.07. The van der Waals surface area contributed by atoms with E-state index in [0.29, 0.717) is 11.8 Å². The van der Waals surface area contributed by atoms with Crippen LogP contribution >= 0.6 is 0 Å². The zero-order valence-corrected chi connectivity index (χ0v) is 8.87. The van der Waals surface area contributed by atoms with Gasteiger partial charge in [-0.05, 0) is 11.6 Å². The Morgan fingerprint density at radius 2 is 1.88 bits per heavy atom. The maximum Gasteiger partial charge on any atom is 0.319 e. The van der Waals surface area contributed by atoms with Gasteiger partial charge in [-0.1, -0.05) is 36.4 Å². The minimum Gasteiger partial charge on any atom is -0.467 e. The van der Waals surface area contributed by atoms with Crippen molar-refractivity contribution in [2.24, 2.45) is 0 Å². The molecule has 1 aromatic carbocycles. The molecule has 4 heteroatoms. The second-order valence-corrected chi connectivity index (χ2v) is 3.07. The summed E-state index contributed by atoms with van der Waals surface area (Å²) in [4.78, 5) is 11.9. The lowest BCUT2D eigenvalue weighted by atomic mass is 10.2. The van der Waals surface area contributed by atoms with E-state index in [-0.39, 0.29) is 0 Å². The van der Waals surface area contributed by atoms with Crippen molar-refractivity contribution in [3.63, 3.8) is 0 Å². The van der Waals surface area contributed by atoms with Crippen LogP contribution < -0.4 is 4.74 Å². The average molecular weight is 213 g/mol. The first kappa shape index (κ1) is 10.3. The molecule has 2 aromatic rings. The molecule has 0 aliphatic heterocycles. The van der Waals surface area contributed by atoms with Crippen LogP contribution in [-0.4, -0.2) is 22.1 Å². The van der Waals surface area contributed by atoms with E-state index < -0.39 is 0 Å². The van der Waals surface area contributed by atoms with E-state index in [1.54, 1.807) is 0 Å². The normalized spacial score (nSPS) is 10.6. The van der Waals surface area contributed by atoms with Gasteiger partial charge in [0.2, 0.25) is 0 Å². The van der Waals surface area contributed by atoms with Crippen LogP contribution in [0.2, 0.25) is 0 Å². The van der Waals surface area contributed by atoms with E-state index in [0.717, 1.165) is 5.56 Å². The lowest BCUT2D eigenvalue weighted by Crippen LogP contribution is -1.95. The Morgan fingerprint density at radius 3 is 2.62 bits per heavy atom. The number of benzene rings is 1. The highest BCUT2D eigenvalue weighted by molar-refractivity contribution is 5.66. The van der Waals surface area contributed by atoms with Gasteiger partial charge < -0.3 is 4.74 Å². The first-order valence-corrected chi connectivity index (χ1v) is 4.84. The molecular weight excluding hydrogens is 202 g/mol. The van der Waals surface area contributed by atoms with E-state index in [1.807, 2.05) is 42.5 Å². The maximum atomic E-state index is 4.91. The highest BCUT2D eigenvalue weighted by Gasteiger charge is 1.95. The van der Waals surface area contributed by atoms with Gasteiger partial charge in [-0.2, -0.15) is 9.97 Å². The molecule has 2 rings (SSSR count). The highest BCUT2D eigenvalue weighted by atomic mass is 16.5. The van der Waals surface area contributed by atoms with Gasteiger partial charge in [0.15, 0.2) is 5.82 Å². The van der Waals surface area contributed by atoms with Crippen LogP contribution in [0, 0.1) is 0 Å². The van der Waals surface area contributed by atoms with Crippen LogP contribution in [0.5, 0.6) is 6.01 Å². The zero-order valence-electron chi connectivity index (χ0n) is 8.87. The second kappa shape index (κ2) is 5.02. The van der Waals surface area contributed by atoms with E-state index in [2.05, 4.69) is 15.0 Å². The van der Waals surface area contributed by atoms with Gasteiger partial charge in [-0.3, -0.25) is 0 Å². The minimum atomic E-state index is 0.322. The summed E-state index contributed by atoms with van der Waals surface area (Å²) in [5.41, 5.74) is 1.10. The minimum absolute atomic E-state index is 0.322.